The monoisotopic (exact) mass is 343 g/mol. The fourth-order valence-electron chi connectivity index (χ4n) is 3.85. The van der Waals surface area contributed by atoms with Crippen molar-refractivity contribution in [3.63, 3.8) is 0 Å². The zero-order chi connectivity index (χ0) is 18.0. The van der Waals surface area contributed by atoms with Crippen molar-refractivity contribution in [2.75, 3.05) is 6.54 Å². The first-order valence-corrected chi connectivity index (χ1v) is 9.25. The van der Waals surface area contributed by atoms with Crippen LogP contribution in [-0.2, 0) is 11.3 Å². The molecule has 3 heterocycles. The van der Waals surface area contributed by atoms with Crippen molar-refractivity contribution in [2.45, 2.75) is 72.0 Å². The third kappa shape index (κ3) is 4.11. The van der Waals surface area contributed by atoms with Crippen LogP contribution >= 0.6 is 0 Å². The molecular formula is C19H29N5O. The van der Waals surface area contributed by atoms with E-state index in [0.717, 1.165) is 42.9 Å². The Morgan fingerprint density at radius 1 is 1.32 bits per heavy atom. The number of aryl methyl sites for hydroxylation is 3. The molecule has 1 amide bonds. The maximum absolute atomic E-state index is 13.0. The van der Waals surface area contributed by atoms with Gasteiger partial charge in [0.25, 0.3) is 0 Å². The average Bonchev–Trinajstić information content (AvgIpc) is 3.12. The Balaban J connectivity index is 1.67. The second-order valence-corrected chi connectivity index (χ2v) is 7.40. The smallest absolute Gasteiger partial charge is 0.225 e. The van der Waals surface area contributed by atoms with Gasteiger partial charge < -0.3 is 4.90 Å². The highest BCUT2D eigenvalue weighted by Gasteiger charge is 2.28. The van der Waals surface area contributed by atoms with Crippen LogP contribution in [0.25, 0.3) is 0 Å². The van der Waals surface area contributed by atoms with Gasteiger partial charge in [0.15, 0.2) is 0 Å². The summed E-state index contributed by atoms with van der Waals surface area (Å²) in [6, 6.07) is 2.38. The molecule has 0 aliphatic carbocycles. The van der Waals surface area contributed by atoms with Crippen LogP contribution in [0.15, 0.2) is 18.5 Å². The van der Waals surface area contributed by atoms with E-state index in [1.54, 1.807) is 0 Å². The predicted molar refractivity (Wildman–Crippen MR) is 97.3 cm³/mol. The maximum atomic E-state index is 13.0. The largest absolute Gasteiger partial charge is 0.338 e. The third-order valence-electron chi connectivity index (χ3n) is 5.04. The van der Waals surface area contributed by atoms with Crippen molar-refractivity contribution in [3.05, 3.63) is 35.4 Å². The maximum Gasteiger partial charge on any atom is 0.225 e. The highest BCUT2D eigenvalue weighted by atomic mass is 16.2. The van der Waals surface area contributed by atoms with Crippen molar-refractivity contribution in [3.8, 4) is 0 Å². The number of piperidine rings is 1. The normalized spacial score (nSPS) is 19.2. The van der Waals surface area contributed by atoms with Gasteiger partial charge in [-0.3, -0.25) is 14.2 Å². The van der Waals surface area contributed by atoms with Gasteiger partial charge in [-0.1, -0.05) is 0 Å². The molecule has 25 heavy (non-hydrogen) atoms. The van der Waals surface area contributed by atoms with Gasteiger partial charge in [0, 0.05) is 24.9 Å². The molecule has 0 radical (unpaired) electrons. The molecule has 1 fully saturated rings. The van der Waals surface area contributed by atoms with E-state index in [1.807, 2.05) is 36.3 Å². The van der Waals surface area contributed by atoms with Crippen molar-refractivity contribution >= 4 is 5.91 Å². The van der Waals surface area contributed by atoms with Gasteiger partial charge in [-0.25, -0.2) is 0 Å². The van der Waals surface area contributed by atoms with Crippen LogP contribution in [0.4, 0.5) is 0 Å². The number of carbonyl (C=O) groups is 1. The van der Waals surface area contributed by atoms with E-state index < -0.39 is 0 Å². The Labute approximate surface area is 149 Å². The quantitative estimate of drug-likeness (QED) is 0.838. The van der Waals surface area contributed by atoms with E-state index in [2.05, 4.69) is 34.3 Å². The lowest BCUT2D eigenvalue weighted by Crippen LogP contribution is -2.46. The van der Waals surface area contributed by atoms with Crippen LogP contribution in [0, 0.1) is 20.8 Å². The second kappa shape index (κ2) is 7.42. The number of aromatic nitrogens is 4. The molecule has 1 saturated heterocycles. The van der Waals surface area contributed by atoms with Crippen LogP contribution in [0.1, 0.15) is 55.6 Å². The molecular weight excluding hydrogens is 314 g/mol. The summed E-state index contributed by atoms with van der Waals surface area (Å²) in [7, 11) is 0. The van der Waals surface area contributed by atoms with Crippen LogP contribution < -0.4 is 0 Å². The van der Waals surface area contributed by atoms with Gasteiger partial charge in [0.1, 0.15) is 0 Å². The molecule has 136 valence electrons. The number of carbonyl (C=O) groups excluding carboxylic acids is 1. The van der Waals surface area contributed by atoms with Gasteiger partial charge in [-0.05, 0) is 58.6 Å². The number of rotatable bonds is 5. The molecule has 2 atom stereocenters. The summed E-state index contributed by atoms with van der Waals surface area (Å²) in [5, 5.41) is 8.92. The molecule has 0 bridgehead atoms. The molecule has 0 N–H and O–H groups in total. The summed E-state index contributed by atoms with van der Waals surface area (Å²) in [5.41, 5.74) is 3.27. The number of amides is 1. The van der Waals surface area contributed by atoms with Crippen molar-refractivity contribution < 1.29 is 4.79 Å². The average molecular weight is 343 g/mol. The Kier molecular flexibility index (Phi) is 5.25. The van der Waals surface area contributed by atoms with Gasteiger partial charge in [0.2, 0.25) is 5.91 Å². The molecule has 0 spiro atoms. The number of likely N-dealkylation sites (tertiary alicyclic amines) is 1. The second-order valence-electron chi connectivity index (χ2n) is 7.40. The van der Waals surface area contributed by atoms with E-state index in [0.29, 0.717) is 6.42 Å². The molecule has 1 aliphatic heterocycles. The topological polar surface area (TPSA) is 56.0 Å². The first kappa shape index (κ1) is 17.7. The minimum absolute atomic E-state index is 0.0794. The Hall–Kier alpha value is -2.11. The lowest BCUT2D eigenvalue weighted by atomic mass is 10.0. The molecule has 6 heteroatoms. The third-order valence-corrected chi connectivity index (χ3v) is 5.04. The van der Waals surface area contributed by atoms with Gasteiger partial charge in [-0.2, -0.15) is 10.2 Å². The van der Waals surface area contributed by atoms with E-state index in [1.165, 1.54) is 6.42 Å². The molecule has 0 aromatic carbocycles. The molecule has 2 aromatic heterocycles. The number of nitrogens with zero attached hydrogens (tertiary/aromatic N) is 5. The van der Waals surface area contributed by atoms with Crippen molar-refractivity contribution in [1.29, 1.82) is 0 Å². The van der Waals surface area contributed by atoms with Crippen LogP contribution in [0.5, 0.6) is 0 Å². The summed E-state index contributed by atoms with van der Waals surface area (Å²) in [4.78, 5) is 15.0. The molecule has 1 aliphatic rings. The first-order valence-electron chi connectivity index (χ1n) is 9.25. The fraction of sp³-hybridized carbons (Fsp3) is 0.632. The number of hydrogen-bond donors (Lipinski definition) is 0. The van der Waals surface area contributed by atoms with Crippen LogP contribution in [-0.4, -0.2) is 43.0 Å². The zero-order valence-electron chi connectivity index (χ0n) is 15.8. The van der Waals surface area contributed by atoms with Crippen molar-refractivity contribution in [2.24, 2.45) is 0 Å². The lowest BCUT2D eigenvalue weighted by Gasteiger charge is -2.36. The molecule has 2 aromatic rings. The van der Waals surface area contributed by atoms with E-state index in [4.69, 9.17) is 0 Å². The molecule has 0 unspecified atom stereocenters. The van der Waals surface area contributed by atoms with E-state index >= 15 is 0 Å². The van der Waals surface area contributed by atoms with Crippen molar-refractivity contribution in [1.82, 2.24) is 24.5 Å². The van der Waals surface area contributed by atoms with Gasteiger partial charge in [0.05, 0.1) is 30.5 Å². The summed E-state index contributed by atoms with van der Waals surface area (Å²) < 4.78 is 3.94. The Bertz CT molecular complexity index is 732. The van der Waals surface area contributed by atoms with E-state index in [-0.39, 0.29) is 18.0 Å². The van der Waals surface area contributed by atoms with Gasteiger partial charge in [-0.15, -0.1) is 0 Å². The first-order chi connectivity index (χ1) is 11.9. The van der Waals surface area contributed by atoms with Crippen LogP contribution in [0.3, 0.4) is 0 Å². The highest BCUT2D eigenvalue weighted by Crippen LogP contribution is 2.22. The minimum Gasteiger partial charge on any atom is -0.338 e. The molecule has 3 rings (SSSR count). The molecule has 6 nitrogen and oxygen atoms in total. The summed E-state index contributed by atoms with van der Waals surface area (Å²) in [6.07, 6.45) is 7.75. The summed E-state index contributed by atoms with van der Waals surface area (Å²) in [6.45, 7) is 9.80. The van der Waals surface area contributed by atoms with Crippen LogP contribution in [0.2, 0.25) is 0 Å². The minimum atomic E-state index is 0.0794. The van der Waals surface area contributed by atoms with Gasteiger partial charge >= 0.3 is 0 Å². The Morgan fingerprint density at radius 2 is 2.12 bits per heavy atom. The number of hydrogen-bond acceptors (Lipinski definition) is 3. The standard InChI is InChI=1S/C19H29N5O/c1-14-11-20-22(12-14)13-18-7-5-6-8-23(18)19(25)10-17(4)24-16(3)9-15(2)21-24/h9,11-12,17-18H,5-8,10,13H2,1-4H3/t17-,18+/m0/s1. The zero-order valence-corrected chi connectivity index (χ0v) is 15.8. The Morgan fingerprint density at radius 3 is 2.76 bits per heavy atom. The lowest BCUT2D eigenvalue weighted by molar-refractivity contribution is -0.136. The fourth-order valence-corrected chi connectivity index (χ4v) is 3.85. The summed E-state index contributed by atoms with van der Waals surface area (Å²) >= 11 is 0. The highest BCUT2D eigenvalue weighted by molar-refractivity contribution is 5.77. The predicted octanol–water partition coefficient (Wildman–Crippen LogP) is 3.04. The summed E-state index contributed by atoms with van der Waals surface area (Å²) in [5.74, 6) is 0.230. The molecule has 0 saturated carbocycles. The van der Waals surface area contributed by atoms with E-state index in [9.17, 15) is 4.79 Å². The SMILES string of the molecule is Cc1cnn(C[C@H]2CCCCN2C(=O)C[C@H](C)n2nc(C)cc2C)c1.